The molecule has 2 aliphatic rings. The first-order chi connectivity index (χ1) is 10.1. The average molecular weight is 312 g/mol. The van der Waals surface area contributed by atoms with E-state index in [1.165, 1.54) is 6.42 Å². The van der Waals surface area contributed by atoms with Crippen molar-refractivity contribution >= 4 is 23.6 Å². The van der Waals surface area contributed by atoms with Gasteiger partial charge in [-0.3, -0.25) is 9.59 Å². The zero-order chi connectivity index (χ0) is 15.3. The molecule has 1 aliphatic heterocycles. The molecule has 4 nitrogen and oxygen atoms in total. The van der Waals surface area contributed by atoms with Crippen molar-refractivity contribution in [2.24, 2.45) is 0 Å². The summed E-state index contributed by atoms with van der Waals surface area (Å²) in [5.74, 6) is 2.22. The monoisotopic (exact) mass is 312 g/mol. The minimum atomic E-state index is -0.587. The first-order valence-corrected chi connectivity index (χ1v) is 9.51. The number of nitrogens with zero attached hydrogens (tertiary/aromatic N) is 1. The third-order valence-corrected chi connectivity index (χ3v) is 5.54. The molecule has 5 heteroatoms. The number of rotatable bonds is 6. The van der Waals surface area contributed by atoms with Crippen LogP contribution >= 0.6 is 11.8 Å². The minimum absolute atomic E-state index is 0.0693. The van der Waals surface area contributed by atoms with Gasteiger partial charge >= 0.3 is 0 Å². The van der Waals surface area contributed by atoms with Crippen LogP contribution in [0.1, 0.15) is 58.8 Å². The van der Waals surface area contributed by atoms with E-state index in [4.69, 9.17) is 0 Å². The van der Waals surface area contributed by atoms with Crippen molar-refractivity contribution in [3.63, 3.8) is 0 Å². The molecule has 2 amide bonds. The standard InChI is InChI=1S/C16H28N2O2S/c1-3-8-13-14(19)17-16(9-6-5-7-10-16)15(20)18(13)11-12-21-4-2/h13H,3-12H2,1-2H3,(H,17,19). The number of nitrogens with one attached hydrogen (secondary N) is 1. The Hall–Kier alpha value is -0.710. The SMILES string of the molecule is CCCC1C(=O)NC2(CCCCC2)C(=O)N1CCSCC. The fourth-order valence-corrected chi connectivity index (χ4v) is 4.16. The van der Waals surface area contributed by atoms with Crippen LogP contribution in [0.25, 0.3) is 0 Å². The Morgan fingerprint density at radius 3 is 2.57 bits per heavy atom. The quantitative estimate of drug-likeness (QED) is 0.767. The number of carbonyl (C=O) groups is 2. The lowest BCUT2D eigenvalue weighted by molar-refractivity contribution is -0.156. The van der Waals surface area contributed by atoms with E-state index in [-0.39, 0.29) is 17.9 Å². The molecule has 1 aliphatic carbocycles. The highest BCUT2D eigenvalue weighted by Gasteiger charge is 2.50. The van der Waals surface area contributed by atoms with Gasteiger partial charge in [0.1, 0.15) is 11.6 Å². The van der Waals surface area contributed by atoms with E-state index in [9.17, 15) is 9.59 Å². The molecule has 2 fully saturated rings. The predicted octanol–water partition coefficient (Wildman–Crippen LogP) is 2.57. The van der Waals surface area contributed by atoms with Crippen LogP contribution in [0.15, 0.2) is 0 Å². The zero-order valence-electron chi connectivity index (χ0n) is 13.3. The van der Waals surface area contributed by atoms with Crippen LogP contribution in [0.2, 0.25) is 0 Å². The normalized spacial score (nSPS) is 25.2. The first kappa shape index (κ1) is 16.7. The van der Waals surface area contributed by atoms with Crippen molar-refractivity contribution in [2.75, 3.05) is 18.1 Å². The fourth-order valence-electron chi connectivity index (χ4n) is 3.55. The van der Waals surface area contributed by atoms with Crippen molar-refractivity contribution < 1.29 is 9.59 Å². The number of piperazine rings is 1. The van der Waals surface area contributed by atoms with Gasteiger partial charge in [0.15, 0.2) is 0 Å². The molecule has 0 aromatic carbocycles. The maximum absolute atomic E-state index is 13.0. The number of amides is 2. The van der Waals surface area contributed by atoms with Gasteiger partial charge in [-0.1, -0.05) is 39.5 Å². The molecule has 0 radical (unpaired) electrons. The second-order valence-electron chi connectivity index (χ2n) is 6.13. The van der Waals surface area contributed by atoms with Gasteiger partial charge in [-0.05, 0) is 25.0 Å². The van der Waals surface area contributed by atoms with Gasteiger partial charge in [0.05, 0.1) is 0 Å². The third kappa shape index (κ3) is 3.55. The summed E-state index contributed by atoms with van der Waals surface area (Å²) in [7, 11) is 0. The van der Waals surface area contributed by atoms with E-state index in [2.05, 4.69) is 19.2 Å². The van der Waals surface area contributed by atoms with E-state index in [1.54, 1.807) is 0 Å². The first-order valence-electron chi connectivity index (χ1n) is 8.35. The molecule has 1 saturated carbocycles. The highest BCUT2D eigenvalue weighted by Crippen LogP contribution is 2.34. The van der Waals surface area contributed by atoms with E-state index < -0.39 is 5.54 Å². The van der Waals surface area contributed by atoms with Gasteiger partial charge in [0, 0.05) is 12.3 Å². The van der Waals surface area contributed by atoms with Gasteiger partial charge in [-0.15, -0.1) is 0 Å². The number of thioether (sulfide) groups is 1. The molecular weight excluding hydrogens is 284 g/mol. The van der Waals surface area contributed by atoms with Crippen LogP contribution in [-0.2, 0) is 9.59 Å². The Kier molecular flexibility index (Phi) is 5.97. The summed E-state index contributed by atoms with van der Waals surface area (Å²) in [5.41, 5.74) is -0.587. The summed E-state index contributed by atoms with van der Waals surface area (Å²) in [6.07, 6.45) is 6.58. The number of carbonyl (C=O) groups excluding carboxylic acids is 2. The fraction of sp³-hybridized carbons (Fsp3) is 0.875. The molecule has 2 rings (SSSR count). The van der Waals surface area contributed by atoms with Crippen LogP contribution in [0.4, 0.5) is 0 Å². The van der Waals surface area contributed by atoms with Crippen LogP contribution in [0.3, 0.4) is 0 Å². The van der Waals surface area contributed by atoms with E-state index >= 15 is 0 Å². The van der Waals surface area contributed by atoms with Crippen LogP contribution < -0.4 is 5.32 Å². The summed E-state index contributed by atoms with van der Waals surface area (Å²) in [4.78, 5) is 27.4. The summed E-state index contributed by atoms with van der Waals surface area (Å²) in [5, 5.41) is 3.10. The Morgan fingerprint density at radius 2 is 1.95 bits per heavy atom. The lowest BCUT2D eigenvalue weighted by Crippen LogP contribution is -2.71. The zero-order valence-corrected chi connectivity index (χ0v) is 14.1. The maximum Gasteiger partial charge on any atom is 0.249 e. The Morgan fingerprint density at radius 1 is 1.24 bits per heavy atom. The molecule has 21 heavy (non-hydrogen) atoms. The molecular formula is C16H28N2O2S. The summed E-state index contributed by atoms with van der Waals surface area (Å²) < 4.78 is 0. The minimum Gasteiger partial charge on any atom is -0.340 e. The summed E-state index contributed by atoms with van der Waals surface area (Å²) in [6.45, 7) is 4.90. The molecule has 1 N–H and O–H groups in total. The smallest absolute Gasteiger partial charge is 0.249 e. The molecule has 0 bridgehead atoms. The van der Waals surface area contributed by atoms with E-state index in [1.807, 2.05) is 16.7 Å². The second-order valence-corrected chi connectivity index (χ2v) is 7.53. The van der Waals surface area contributed by atoms with Crippen molar-refractivity contribution in [1.82, 2.24) is 10.2 Å². The molecule has 1 unspecified atom stereocenters. The largest absolute Gasteiger partial charge is 0.340 e. The van der Waals surface area contributed by atoms with Gasteiger partial charge in [-0.2, -0.15) is 11.8 Å². The van der Waals surface area contributed by atoms with Crippen LogP contribution in [0, 0.1) is 0 Å². The highest BCUT2D eigenvalue weighted by atomic mass is 32.2. The van der Waals surface area contributed by atoms with E-state index in [0.29, 0.717) is 6.54 Å². The topological polar surface area (TPSA) is 49.4 Å². The molecule has 1 heterocycles. The van der Waals surface area contributed by atoms with Gasteiger partial charge in [-0.25, -0.2) is 0 Å². The van der Waals surface area contributed by atoms with Crippen LogP contribution in [-0.4, -0.2) is 46.3 Å². The number of hydrogen-bond donors (Lipinski definition) is 1. The van der Waals surface area contributed by atoms with Gasteiger partial charge in [0.25, 0.3) is 0 Å². The summed E-state index contributed by atoms with van der Waals surface area (Å²) in [6, 6.07) is -0.257. The lowest BCUT2D eigenvalue weighted by Gasteiger charge is -2.47. The maximum atomic E-state index is 13.0. The Balaban J connectivity index is 2.16. The Bertz CT molecular complexity index is 380. The molecule has 1 atom stereocenters. The van der Waals surface area contributed by atoms with Crippen molar-refractivity contribution in [1.29, 1.82) is 0 Å². The lowest BCUT2D eigenvalue weighted by atomic mass is 9.78. The molecule has 1 saturated heterocycles. The van der Waals surface area contributed by atoms with Crippen molar-refractivity contribution in [3.05, 3.63) is 0 Å². The molecule has 120 valence electrons. The van der Waals surface area contributed by atoms with Crippen molar-refractivity contribution in [3.8, 4) is 0 Å². The third-order valence-electron chi connectivity index (χ3n) is 4.66. The summed E-state index contributed by atoms with van der Waals surface area (Å²) >= 11 is 1.83. The molecule has 1 spiro atoms. The van der Waals surface area contributed by atoms with Gasteiger partial charge < -0.3 is 10.2 Å². The predicted molar refractivity (Wildman–Crippen MR) is 87.4 cm³/mol. The molecule has 0 aromatic rings. The molecule has 0 aromatic heterocycles. The van der Waals surface area contributed by atoms with Crippen LogP contribution in [0.5, 0.6) is 0 Å². The Labute approximate surface area is 132 Å². The highest BCUT2D eigenvalue weighted by molar-refractivity contribution is 7.99. The van der Waals surface area contributed by atoms with E-state index in [0.717, 1.165) is 50.0 Å². The van der Waals surface area contributed by atoms with Crippen molar-refractivity contribution in [2.45, 2.75) is 70.4 Å². The average Bonchev–Trinajstić information content (AvgIpc) is 2.49. The second kappa shape index (κ2) is 7.52. The van der Waals surface area contributed by atoms with Gasteiger partial charge in [0.2, 0.25) is 11.8 Å². The number of hydrogen-bond acceptors (Lipinski definition) is 3.